The lowest BCUT2D eigenvalue weighted by Crippen LogP contribution is -2.38. The zero-order chi connectivity index (χ0) is 12.3. The Morgan fingerprint density at radius 2 is 1.67 bits per heavy atom. The van der Waals surface area contributed by atoms with Crippen LogP contribution in [0.1, 0.15) is 20.8 Å². The van der Waals surface area contributed by atoms with Crippen LogP contribution in [0.2, 0.25) is 19.6 Å². The molecule has 0 saturated heterocycles. The second kappa shape index (κ2) is 5.15. The first-order chi connectivity index (χ1) is 6.58. The van der Waals surface area contributed by atoms with Crippen LogP contribution in [-0.4, -0.2) is 32.5 Å². The van der Waals surface area contributed by atoms with E-state index in [4.69, 9.17) is 4.74 Å². The van der Waals surface area contributed by atoms with Gasteiger partial charge in [-0.3, -0.25) is 0 Å². The van der Waals surface area contributed by atoms with E-state index in [0.29, 0.717) is 0 Å². The number of rotatable bonds is 2. The average Bonchev–Trinajstić information content (AvgIpc) is 2.01. The normalized spacial score (nSPS) is 16.5. The van der Waals surface area contributed by atoms with E-state index in [0.717, 1.165) is 0 Å². The second-order valence-electron chi connectivity index (χ2n) is 5.99. The Bertz CT molecular complexity index is 250. The maximum Gasteiger partial charge on any atom is 0.143 e. The van der Waals surface area contributed by atoms with Crippen molar-refractivity contribution < 1.29 is 9.84 Å². The summed E-state index contributed by atoms with van der Waals surface area (Å²) in [7, 11) is 0.202. The van der Waals surface area contributed by atoms with E-state index < -0.39 is 14.2 Å². The molecule has 1 N–H and O–H groups in total. The van der Waals surface area contributed by atoms with Gasteiger partial charge in [0.2, 0.25) is 0 Å². The van der Waals surface area contributed by atoms with Crippen molar-refractivity contribution in [1.29, 1.82) is 0 Å². The van der Waals surface area contributed by atoms with Gasteiger partial charge in [-0.1, -0.05) is 46.3 Å². The van der Waals surface area contributed by atoms with Crippen LogP contribution >= 0.6 is 0 Å². The summed E-state index contributed by atoms with van der Waals surface area (Å²) in [5, 5.41) is 10.0. The van der Waals surface area contributed by atoms with Gasteiger partial charge in [0, 0.05) is 7.11 Å². The predicted molar refractivity (Wildman–Crippen MR) is 67.4 cm³/mol. The second-order valence-corrected chi connectivity index (χ2v) is 10.7. The molecule has 0 saturated carbocycles. The molecule has 0 aromatic heterocycles. The number of hydrogen-bond donors (Lipinski definition) is 1. The highest BCUT2D eigenvalue weighted by Crippen LogP contribution is 2.22. The highest BCUT2D eigenvalue weighted by Gasteiger charge is 2.29. The molecule has 0 aliphatic carbocycles. The van der Waals surface area contributed by atoms with E-state index in [9.17, 15) is 5.11 Å². The average molecular weight is 228 g/mol. The maximum atomic E-state index is 10.0. The molecule has 0 aromatic carbocycles. The van der Waals surface area contributed by atoms with E-state index in [1.807, 2.05) is 20.8 Å². The van der Waals surface area contributed by atoms with E-state index in [1.165, 1.54) is 0 Å². The Balaban J connectivity index is 4.70. The molecule has 0 spiro atoms. The first-order valence-electron chi connectivity index (χ1n) is 5.31. The summed E-state index contributed by atoms with van der Waals surface area (Å²) in [6.07, 6.45) is -0.928. The summed E-state index contributed by atoms with van der Waals surface area (Å²) < 4.78 is 5.23. The fourth-order valence-electron chi connectivity index (χ4n) is 1.01. The van der Waals surface area contributed by atoms with Gasteiger partial charge in [0.25, 0.3) is 0 Å². The van der Waals surface area contributed by atoms with Crippen molar-refractivity contribution in [2.45, 2.75) is 52.6 Å². The smallest absolute Gasteiger partial charge is 0.143 e. The third-order valence-corrected chi connectivity index (χ3v) is 2.91. The van der Waals surface area contributed by atoms with Crippen molar-refractivity contribution in [1.82, 2.24) is 0 Å². The molecule has 0 rings (SSSR count). The molecular weight excluding hydrogens is 204 g/mol. The molecule has 0 aromatic rings. The van der Waals surface area contributed by atoms with Crippen LogP contribution in [0.5, 0.6) is 0 Å². The van der Waals surface area contributed by atoms with E-state index in [2.05, 4.69) is 31.1 Å². The van der Waals surface area contributed by atoms with Crippen LogP contribution in [0, 0.1) is 16.9 Å². The van der Waals surface area contributed by atoms with Crippen LogP contribution in [0.3, 0.4) is 0 Å². The van der Waals surface area contributed by atoms with Crippen LogP contribution in [0.4, 0.5) is 0 Å². The first kappa shape index (κ1) is 14.7. The minimum absolute atomic E-state index is 0.200. The van der Waals surface area contributed by atoms with Crippen molar-refractivity contribution in [3.63, 3.8) is 0 Å². The Morgan fingerprint density at radius 1 is 1.20 bits per heavy atom. The molecule has 0 bridgehead atoms. The van der Waals surface area contributed by atoms with Crippen LogP contribution in [-0.2, 0) is 4.74 Å². The van der Waals surface area contributed by atoms with E-state index in [1.54, 1.807) is 7.11 Å². The summed E-state index contributed by atoms with van der Waals surface area (Å²) in [6, 6.07) is 0. The number of aliphatic hydroxyl groups excluding tert-OH is 1. The molecule has 0 amide bonds. The number of hydrogen-bond acceptors (Lipinski definition) is 2. The standard InChI is InChI=1S/C12H24O2Si/c1-12(2,3)11(13)10(14-4)8-9-15(5,6)7/h10-11,13H,1-7H3/t10-,11+/m0/s1. The fraction of sp³-hybridized carbons (Fsp3) is 0.833. The number of aliphatic hydroxyl groups is 1. The lowest BCUT2D eigenvalue weighted by atomic mass is 9.86. The van der Waals surface area contributed by atoms with E-state index >= 15 is 0 Å². The van der Waals surface area contributed by atoms with Gasteiger partial charge in [0.15, 0.2) is 0 Å². The molecule has 2 atom stereocenters. The minimum Gasteiger partial charge on any atom is -0.389 e. The Kier molecular flexibility index (Phi) is 5.05. The molecule has 0 aliphatic rings. The van der Waals surface area contributed by atoms with Crippen LogP contribution < -0.4 is 0 Å². The molecule has 2 nitrogen and oxygen atoms in total. The highest BCUT2D eigenvalue weighted by atomic mass is 28.3. The van der Waals surface area contributed by atoms with Crippen LogP contribution in [0.15, 0.2) is 0 Å². The molecule has 0 heterocycles. The Labute approximate surface area is 95.0 Å². The molecule has 0 fully saturated rings. The molecule has 88 valence electrons. The Hall–Kier alpha value is -0.303. The van der Waals surface area contributed by atoms with Crippen molar-refractivity contribution in [3.05, 3.63) is 0 Å². The zero-order valence-electron chi connectivity index (χ0n) is 11.0. The van der Waals surface area contributed by atoms with Gasteiger partial charge in [-0.2, -0.15) is 0 Å². The maximum absolute atomic E-state index is 10.0. The molecule has 0 radical (unpaired) electrons. The fourth-order valence-corrected chi connectivity index (χ4v) is 1.58. The molecule has 15 heavy (non-hydrogen) atoms. The molecular formula is C12H24O2Si. The molecule has 0 aliphatic heterocycles. The van der Waals surface area contributed by atoms with Crippen LogP contribution in [0.25, 0.3) is 0 Å². The summed E-state index contributed by atoms with van der Waals surface area (Å²) in [5.74, 6) is 3.06. The first-order valence-corrected chi connectivity index (χ1v) is 8.81. The van der Waals surface area contributed by atoms with Gasteiger partial charge in [-0.05, 0) is 5.41 Å². The largest absolute Gasteiger partial charge is 0.389 e. The summed E-state index contributed by atoms with van der Waals surface area (Å²) >= 11 is 0. The zero-order valence-corrected chi connectivity index (χ0v) is 12.0. The minimum atomic E-state index is -1.39. The third-order valence-electron chi connectivity index (χ3n) is 2.02. The van der Waals surface area contributed by atoms with Gasteiger partial charge in [-0.25, -0.2) is 0 Å². The predicted octanol–water partition coefficient (Wildman–Crippen LogP) is 2.29. The quantitative estimate of drug-likeness (QED) is 0.580. The topological polar surface area (TPSA) is 29.5 Å². The monoisotopic (exact) mass is 228 g/mol. The van der Waals surface area contributed by atoms with Gasteiger partial charge >= 0.3 is 0 Å². The summed E-state index contributed by atoms with van der Waals surface area (Å²) in [4.78, 5) is 0. The summed E-state index contributed by atoms with van der Waals surface area (Å²) in [5.41, 5.74) is 3.03. The summed E-state index contributed by atoms with van der Waals surface area (Å²) in [6.45, 7) is 12.5. The van der Waals surface area contributed by atoms with Gasteiger partial charge in [0.1, 0.15) is 14.2 Å². The van der Waals surface area contributed by atoms with Gasteiger partial charge in [0.05, 0.1) is 6.10 Å². The highest BCUT2D eigenvalue weighted by molar-refractivity contribution is 6.83. The van der Waals surface area contributed by atoms with Crippen molar-refractivity contribution in [2.24, 2.45) is 5.41 Å². The lowest BCUT2D eigenvalue weighted by molar-refractivity contribution is -0.0370. The number of methoxy groups -OCH3 is 1. The van der Waals surface area contributed by atoms with E-state index in [-0.39, 0.29) is 11.5 Å². The molecule has 3 heteroatoms. The Morgan fingerprint density at radius 3 is 1.93 bits per heavy atom. The lowest BCUT2D eigenvalue weighted by Gasteiger charge is -2.29. The molecule has 0 unspecified atom stereocenters. The number of ether oxygens (including phenoxy) is 1. The van der Waals surface area contributed by atoms with Gasteiger partial charge in [-0.15, -0.1) is 5.54 Å². The van der Waals surface area contributed by atoms with Gasteiger partial charge < -0.3 is 9.84 Å². The van der Waals surface area contributed by atoms with Crippen molar-refractivity contribution in [3.8, 4) is 11.5 Å². The SMILES string of the molecule is CO[C@@H](C#C[Si](C)(C)C)[C@@H](O)C(C)(C)C. The van der Waals surface area contributed by atoms with Crippen molar-refractivity contribution in [2.75, 3.05) is 7.11 Å². The van der Waals surface area contributed by atoms with Crippen molar-refractivity contribution >= 4 is 8.07 Å². The third kappa shape index (κ3) is 5.98.